The maximum absolute atomic E-state index is 12.1. The zero-order valence-corrected chi connectivity index (χ0v) is 11.9. The first-order valence-corrected chi connectivity index (χ1v) is 6.47. The van der Waals surface area contributed by atoms with Crippen molar-refractivity contribution in [1.29, 1.82) is 0 Å². The molecule has 0 aromatic heterocycles. The van der Waals surface area contributed by atoms with Crippen LogP contribution in [0, 0.1) is 0 Å². The van der Waals surface area contributed by atoms with E-state index in [0.717, 1.165) is 6.07 Å². The molecule has 0 atom stereocenters. The Hall–Kier alpha value is -2.24. The molecular formula is C14H9Cl2NO4. The summed E-state index contributed by atoms with van der Waals surface area (Å²) >= 11 is 11.7. The smallest absolute Gasteiger partial charge is 0.335 e. The second kappa shape index (κ2) is 6.03. The van der Waals surface area contributed by atoms with Crippen LogP contribution < -0.4 is 5.32 Å². The molecule has 0 saturated carbocycles. The van der Waals surface area contributed by atoms with Crippen molar-refractivity contribution in [3.05, 3.63) is 57.6 Å². The lowest BCUT2D eigenvalue weighted by molar-refractivity contribution is 0.0696. The number of amides is 1. The highest BCUT2D eigenvalue weighted by molar-refractivity contribution is 6.44. The highest BCUT2D eigenvalue weighted by Gasteiger charge is 2.15. The molecule has 2 aromatic rings. The number of anilines is 1. The standard InChI is InChI=1S/C14H9Cl2NO4/c15-9-3-1-2-8(12(9)16)13(19)17-10-6-7(14(20)21)4-5-11(10)18/h1-6,18H,(H,17,19)(H,20,21). The molecule has 108 valence electrons. The molecule has 2 aromatic carbocycles. The van der Waals surface area contributed by atoms with E-state index in [2.05, 4.69) is 5.32 Å². The molecule has 2 rings (SSSR count). The molecule has 21 heavy (non-hydrogen) atoms. The Labute approximate surface area is 129 Å². The van der Waals surface area contributed by atoms with Gasteiger partial charge in [0.05, 0.1) is 26.9 Å². The SMILES string of the molecule is O=C(O)c1ccc(O)c(NC(=O)c2cccc(Cl)c2Cl)c1. The second-order valence-corrected chi connectivity index (χ2v) is 4.88. The van der Waals surface area contributed by atoms with Crippen molar-refractivity contribution in [2.24, 2.45) is 0 Å². The first-order valence-electron chi connectivity index (χ1n) is 5.72. The van der Waals surface area contributed by atoms with E-state index in [1.165, 1.54) is 24.3 Å². The minimum Gasteiger partial charge on any atom is -0.506 e. The number of rotatable bonds is 3. The Morgan fingerprint density at radius 1 is 1.10 bits per heavy atom. The highest BCUT2D eigenvalue weighted by Crippen LogP contribution is 2.28. The van der Waals surface area contributed by atoms with Gasteiger partial charge in [-0.25, -0.2) is 4.79 Å². The quantitative estimate of drug-likeness (QED) is 0.752. The van der Waals surface area contributed by atoms with Gasteiger partial charge in [-0.1, -0.05) is 29.3 Å². The van der Waals surface area contributed by atoms with Crippen LogP contribution in [0.4, 0.5) is 5.69 Å². The lowest BCUT2D eigenvalue weighted by Crippen LogP contribution is -2.13. The van der Waals surface area contributed by atoms with Crippen LogP contribution in [0.3, 0.4) is 0 Å². The fraction of sp³-hybridized carbons (Fsp3) is 0. The van der Waals surface area contributed by atoms with Crippen LogP contribution in [0.25, 0.3) is 0 Å². The normalized spacial score (nSPS) is 10.2. The molecule has 0 bridgehead atoms. The number of carboxylic acid groups (broad SMARTS) is 1. The van der Waals surface area contributed by atoms with Crippen molar-refractivity contribution in [1.82, 2.24) is 0 Å². The van der Waals surface area contributed by atoms with E-state index in [1.54, 1.807) is 6.07 Å². The number of phenols is 1. The fourth-order valence-corrected chi connectivity index (χ4v) is 2.02. The van der Waals surface area contributed by atoms with E-state index in [-0.39, 0.29) is 32.6 Å². The largest absolute Gasteiger partial charge is 0.506 e. The Morgan fingerprint density at radius 2 is 1.81 bits per heavy atom. The first kappa shape index (κ1) is 15.2. The fourth-order valence-electron chi connectivity index (χ4n) is 1.64. The number of benzene rings is 2. The Balaban J connectivity index is 2.33. The summed E-state index contributed by atoms with van der Waals surface area (Å²) in [4.78, 5) is 23.0. The number of nitrogens with one attached hydrogen (secondary N) is 1. The predicted octanol–water partition coefficient (Wildman–Crippen LogP) is 3.65. The van der Waals surface area contributed by atoms with E-state index in [9.17, 15) is 14.7 Å². The topological polar surface area (TPSA) is 86.6 Å². The molecule has 0 saturated heterocycles. The van der Waals surface area contributed by atoms with Gasteiger partial charge < -0.3 is 15.5 Å². The Kier molecular flexibility index (Phi) is 4.35. The van der Waals surface area contributed by atoms with Gasteiger partial charge in [0, 0.05) is 0 Å². The summed E-state index contributed by atoms with van der Waals surface area (Å²) in [6.45, 7) is 0. The molecule has 0 aliphatic carbocycles. The highest BCUT2D eigenvalue weighted by atomic mass is 35.5. The van der Waals surface area contributed by atoms with E-state index in [4.69, 9.17) is 28.3 Å². The molecule has 0 aliphatic heterocycles. The van der Waals surface area contributed by atoms with Crippen molar-refractivity contribution in [2.45, 2.75) is 0 Å². The number of carbonyl (C=O) groups excluding carboxylic acids is 1. The van der Waals surface area contributed by atoms with E-state index >= 15 is 0 Å². The van der Waals surface area contributed by atoms with Gasteiger partial charge in [0.25, 0.3) is 5.91 Å². The van der Waals surface area contributed by atoms with Gasteiger partial charge in [0.1, 0.15) is 5.75 Å². The van der Waals surface area contributed by atoms with Crippen LogP contribution in [0.15, 0.2) is 36.4 Å². The summed E-state index contributed by atoms with van der Waals surface area (Å²) < 4.78 is 0. The zero-order valence-electron chi connectivity index (χ0n) is 10.4. The zero-order chi connectivity index (χ0) is 15.6. The molecule has 1 amide bonds. The number of halogens is 2. The average Bonchev–Trinajstić information content (AvgIpc) is 2.43. The van der Waals surface area contributed by atoms with Crippen molar-refractivity contribution < 1.29 is 19.8 Å². The number of hydrogen-bond donors (Lipinski definition) is 3. The molecule has 7 heteroatoms. The molecule has 0 unspecified atom stereocenters. The third kappa shape index (κ3) is 3.26. The summed E-state index contributed by atoms with van der Waals surface area (Å²) in [5.74, 6) is -2.04. The van der Waals surface area contributed by atoms with Gasteiger partial charge in [-0.3, -0.25) is 4.79 Å². The molecule has 0 fully saturated rings. The number of carbonyl (C=O) groups is 2. The number of phenolic OH excluding ortho intramolecular Hbond substituents is 1. The summed E-state index contributed by atoms with van der Waals surface area (Å²) in [6, 6.07) is 8.09. The van der Waals surface area contributed by atoms with Gasteiger partial charge in [-0.15, -0.1) is 0 Å². The van der Waals surface area contributed by atoms with Crippen LogP contribution in [-0.4, -0.2) is 22.1 Å². The van der Waals surface area contributed by atoms with E-state index in [0.29, 0.717) is 0 Å². The maximum Gasteiger partial charge on any atom is 0.335 e. The van der Waals surface area contributed by atoms with E-state index < -0.39 is 11.9 Å². The predicted molar refractivity (Wildman–Crippen MR) is 79.5 cm³/mol. The number of hydrogen-bond acceptors (Lipinski definition) is 3. The van der Waals surface area contributed by atoms with Gasteiger partial charge in [-0.05, 0) is 30.3 Å². The van der Waals surface area contributed by atoms with Crippen molar-refractivity contribution in [3.8, 4) is 5.75 Å². The van der Waals surface area contributed by atoms with Crippen LogP contribution in [0.1, 0.15) is 20.7 Å². The summed E-state index contributed by atoms with van der Waals surface area (Å²) in [7, 11) is 0. The monoisotopic (exact) mass is 325 g/mol. The molecule has 3 N–H and O–H groups in total. The van der Waals surface area contributed by atoms with Gasteiger partial charge in [0.15, 0.2) is 0 Å². The number of aromatic carboxylic acids is 1. The molecule has 0 heterocycles. The van der Waals surface area contributed by atoms with Crippen molar-refractivity contribution in [3.63, 3.8) is 0 Å². The molecule has 0 aliphatic rings. The molecule has 0 radical (unpaired) electrons. The van der Waals surface area contributed by atoms with Crippen LogP contribution >= 0.6 is 23.2 Å². The minimum absolute atomic E-state index is 0.0315. The molecular weight excluding hydrogens is 317 g/mol. The van der Waals surface area contributed by atoms with Crippen molar-refractivity contribution in [2.75, 3.05) is 5.32 Å². The van der Waals surface area contributed by atoms with E-state index in [1.807, 2.05) is 0 Å². The third-order valence-electron chi connectivity index (χ3n) is 2.69. The lowest BCUT2D eigenvalue weighted by atomic mass is 10.1. The Bertz CT molecular complexity index is 731. The van der Waals surface area contributed by atoms with Crippen LogP contribution in [-0.2, 0) is 0 Å². The lowest BCUT2D eigenvalue weighted by Gasteiger charge is -2.09. The number of carboxylic acids is 1. The second-order valence-electron chi connectivity index (χ2n) is 4.09. The molecule has 5 nitrogen and oxygen atoms in total. The van der Waals surface area contributed by atoms with Crippen LogP contribution in [0.2, 0.25) is 10.0 Å². The maximum atomic E-state index is 12.1. The van der Waals surface area contributed by atoms with Crippen LogP contribution in [0.5, 0.6) is 5.75 Å². The van der Waals surface area contributed by atoms with Gasteiger partial charge >= 0.3 is 5.97 Å². The summed E-state index contributed by atoms with van der Waals surface area (Å²) in [6.07, 6.45) is 0. The summed E-state index contributed by atoms with van der Waals surface area (Å²) in [5, 5.41) is 21.3. The van der Waals surface area contributed by atoms with Gasteiger partial charge in [-0.2, -0.15) is 0 Å². The van der Waals surface area contributed by atoms with Gasteiger partial charge in [0.2, 0.25) is 0 Å². The third-order valence-corrected chi connectivity index (χ3v) is 3.51. The number of aromatic hydroxyl groups is 1. The van der Waals surface area contributed by atoms with Crippen molar-refractivity contribution >= 4 is 40.8 Å². The average molecular weight is 326 g/mol. The minimum atomic E-state index is -1.17. The molecule has 0 spiro atoms. The Morgan fingerprint density at radius 3 is 2.48 bits per heavy atom. The summed E-state index contributed by atoms with van der Waals surface area (Å²) in [5.41, 5.74) is 0.0144. The first-order chi connectivity index (χ1) is 9.90.